The summed E-state index contributed by atoms with van der Waals surface area (Å²) in [6.07, 6.45) is 1.94. The fourth-order valence-electron chi connectivity index (χ4n) is 1.67. The number of hydrogen-bond acceptors (Lipinski definition) is 4. The van der Waals surface area contributed by atoms with E-state index in [4.69, 9.17) is 5.73 Å². The molecule has 0 fully saturated rings. The molecule has 1 unspecified atom stereocenters. The number of aryl methyl sites for hydroxylation is 2. The van der Waals surface area contributed by atoms with Crippen LogP contribution in [-0.4, -0.2) is 9.59 Å². The van der Waals surface area contributed by atoms with Crippen molar-refractivity contribution in [2.24, 2.45) is 5.73 Å². The lowest BCUT2D eigenvalue weighted by molar-refractivity contribution is 0.657. The largest absolute Gasteiger partial charge is 0.323 e. The van der Waals surface area contributed by atoms with Gasteiger partial charge in [0.2, 0.25) is 0 Å². The summed E-state index contributed by atoms with van der Waals surface area (Å²) in [5.41, 5.74) is 8.41. The Hall–Kier alpha value is -1.26. The predicted octanol–water partition coefficient (Wildman–Crippen LogP) is 2.48. The Morgan fingerprint density at radius 2 is 2.06 bits per heavy atom. The van der Waals surface area contributed by atoms with Crippen LogP contribution in [0.4, 0.5) is 0 Å². The first-order valence-corrected chi connectivity index (χ1v) is 6.13. The van der Waals surface area contributed by atoms with Crippen LogP contribution in [0.5, 0.6) is 0 Å². The highest BCUT2D eigenvalue weighted by Crippen LogP contribution is 2.21. The number of rotatable bonds is 4. The second-order valence-electron chi connectivity index (χ2n) is 3.85. The highest BCUT2D eigenvalue weighted by atomic mass is 32.1. The molecule has 4 heteroatoms. The first kappa shape index (κ1) is 11.2. The van der Waals surface area contributed by atoms with Gasteiger partial charge in [-0.25, -0.2) is 0 Å². The zero-order chi connectivity index (χ0) is 11.4. The van der Waals surface area contributed by atoms with E-state index in [0.29, 0.717) is 0 Å². The molecule has 1 heterocycles. The van der Waals surface area contributed by atoms with Gasteiger partial charge in [-0.3, -0.25) is 0 Å². The molecular weight excluding hydrogens is 218 g/mol. The summed E-state index contributed by atoms with van der Waals surface area (Å²) >= 11 is 1.41. The highest BCUT2D eigenvalue weighted by molar-refractivity contribution is 7.05. The van der Waals surface area contributed by atoms with Crippen molar-refractivity contribution in [3.05, 3.63) is 46.5 Å². The van der Waals surface area contributed by atoms with Gasteiger partial charge in [-0.05, 0) is 36.9 Å². The van der Waals surface area contributed by atoms with Crippen molar-refractivity contribution in [2.45, 2.75) is 25.8 Å². The maximum Gasteiger partial charge on any atom is 0.0772 e. The summed E-state index contributed by atoms with van der Waals surface area (Å²) in [4.78, 5) is 1.11. The Bertz CT molecular complexity index is 439. The molecule has 16 heavy (non-hydrogen) atoms. The lowest BCUT2D eigenvalue weighted by atomic mass is 10.0. The lowest BCUT2D eigenvalue weighted by Gasteiger charge is -2.09. The Morgan fingerprint density at radius 1 is 1.31 bits per heavy atom. The van der Waals surface area contributed by atoms with Gasteiger partial charge in [0.05, 0.1) is 10.6 Å². The molecule has 0 aliphatic rings. The van der Waals surface area contributed by atoms with Crippen molar-refractivity contribution in [1.29, 1.82) is 0 Å². The monoisotopic (exact) mass is 233 g/mol. The van der Waals surface area contributed by atoms with E-state index >= 15 is 0 Å². The zero-order valence-corrected chi connectivity index (χ0v) is 10.1. The van der Waals surface area contributed by atoms with Gasteiger partial charge in [-0.1, -0.05) is 34.8 Å². The summed E-state index contributed by atoms with van der Waals surface area (Å²) < 4.78 is 3.91. The number of aromatic nitrogens is 2. The minimum atomic E-state index is 0.0557. The Labute approximate surface area is 99.5 Å². The van der Waals surface area contributed by atoms with Crippen molar-refractivity contribution in [1.82, 2.24) is 9.59 Å². The zero-order valence-electron chi connectivity index (χ0n) is 9.26. The quantitative estimate of drug-likeness (QED) is 0.882. The van der Waals surface area contributed by atoms with Gasteiger partial charge in [0.1, 0.15) is 0 Å². The van der Waals surface area contributed by atoms with Crippen LogP contribution in [0.25, 0.3) is 0 Å². The van der Waals surface area contributed by atoms with Crippen molar-refractivity contribution in [3.8, 4) is 0 Å². The van der Waals surface area contributed by atoms with Gasteiger partial charge in [0, 0.05) is 6.04 Å². The third kappa shape index (κ3) is 2.65. The molecule has 0 aliphatic carbocycles. The summed E-state index contributed by atoms with van der Waals surface area (Å²) in [7, 11) is 0. The van der Waals surface area contributed by atoms with Gasteiger partial charge in [-0.2, -0.15) is 0 Å². The molecule has 0 bridgehead atoms. The van der Waals surface area contributed by atoms with E-state index in [0.717, 1.165) is 23.4 Å². The molecule has 3 nitrogen and oxygen atoms in total. The summed E-state index contributed by atoms with van der Waals surface area (Å²) in [5, 5.41) is 3.98. The first-order chi connectivity index (χ1) is 7.77. The molecule has 0 saturated heterocycles. The second-order valence-corrected chi connectivity index (χ2v) is 4.64. The lowest BCUT2D eigenvalue weighted by Crippen LogP contribution is -2.11. The number of nitrogens with two attached hydrogens (primary N) is 1. The molecule has 1 aromatic heterocycles. The van der Waals surface area contributed by atoms with E-state index in [1.54, 1.807) is 0 Å². The van der Waals surface area contributed by atoms with E-state index in [1.165, 1.54) is 17.1 Å². The van der Waals surface area contributed by atoms with E-state index in [-0.39, 0.29) is 6.04 Å². The van der Waals surface area contributed by atoms with Crippen LogP contribution >= 0.6 is 11.5 Å². The summed E-state index contributed by atoms with van der Waals surface area (Å²) in [6, 6.07) is 10.5. The molecule has 2 aromatic rings. The molecule has 84 valence electrons. The molecule has 2 N–H and O–H groups in total. The van der Waals surface area contributed by atoms with Crippen molar-refractivity contribution >= 4 is 11.5 Å². The third-order valence-electron chi connectivity index (χ3n) is 2.61. The maximum atomic E-state index is 6.12. The topological polar surface area (TPSA) is 51.8 Å². The Morgan fingerprint density at radius 3 is 2.69 bits per heavy atom. The normalized spacial score (nSPS) is 12.6. The van der Waals surface area contributed by atoms with E-state index in [9.17, 15) is 0 Å². The van der Waals surface area contributed by atoms with Gasteiger partial charge >= 0.3 is 0 Å². The number of hydrogen-bond donors (Lipinski definition) is 1. The van der Waals surface area contributed by atoms with Gasteiger partial charge in [0.15, 0.2) is 0 Å². The predicted molar refractivity (Wildman–Crippen MR) is 66.3 cm³/mol. The van der Waals surface area contributed by atoms with Crippen LogP contribution in [0.15, 0.2) is 30.3 Å². The van der Waals surface area contributed by atoms with E-state index < -0.39 is 0 Å². The Balaban J connectivity index is 1.94. The molecule has 2 rings (SSSR count). The molecular formula is C12H15N3S. The minimum Gasteiger partial charge on any atom is -0.323 e. The Kier molecular flexibility index (Phi) is 3.64. The summed E-state index contributed by atoms with van der Waals surface area (Å²) in [5.74, 6) is 0. The minimum absolute atomic E-state index is 0.0557. The standard InChI is InChI=1S/C12H15N3S/c1-9-12(16-15-14-9)11(13)8-7-10-5-3-2-4-6-10/h2-6,11H,7-8,13H2,1H3. The summed E-state index contributed by atoms with van der Waals surface area (Å²) in [6.45, 7) is 1.96. The van der Waals surface area contributed by atoms with Crippen molar-refractivity contribution < 1.29 is 0 Å². The molecule has 0 radical (unpaired) electrons. The van der Waals surface area contributed by atoms with Gasteiger partial charge in [0.25, 0.3) is 0 Å². The highest BCUT2D eigenvalue weighted by Gasteiger charge is 2.12. The van der Waals surface area contributed by atoms with E-state index in [2.05, 4.69) is 33.9 Å². The smallest absolute Gasteiger partial charge is 0.0772 e. The molecule has 0 amide bonds. The molecule has 1 aromatic carbocycles. The fraction of sp³-hybridized carbons (Fsp3) is 0.333. The number of nitrogens with zero attached hydrogens (tertiary/aromatic N) is 2. The van der Waals surface area contributed by atoms with E-state index in [1.807, 2.05) is 13.0 Å². The average Bonchev–Trinajstić information content (AvgIpc) is 2.74. The van der Waals surface area contributed by atoms with Crippen LogP contribution < -0.4 is 5.73 Å². The first-order valence-electron chi connectivity index (χ1n) is 5.35. The molecule has 0 spiro atoms. The molecule has 1 atom stereocenters. The van der Waals surface area contributed by atoms with Crippen LogP contribution in [-0.2, 0) is 6.42 Å². The van der Waals surface area contributed by atoms with Crippen LogP contribution in [0.2, 0.25) is 0 Å². The average molecular weight is 233 g/mol. The second kappa shape index (κ2) is 5.18. The van der Waals surface area contributed by atoms with Crippen LogP contribution in [0.3, 0.4) is 0 Å². The molecule has 0 saturated carbocycles. The third-order valence-corrected chi connectivity index (χ3v) is 3.57. The van der Waals surface area contributed by atoms with Crippen LogP contribution in [0, 0.1) is 6.92 Å². The van der Waals surface area contributed by atoms with Crippen molar-refractivity contribution in [2.75, 3.05) is 0 Å². The maximum absolute atomic E-state index is 6.12. The fourth-order valence-corrected chi connectivity index (χ4v) is 2.35. The van der Waals surface area contributed by atoms with Crippen molar-refractivity contribution in [3.63, 3.8) is 0 Å². The number of benzene rings is 1. The SMILES string of the molecule is Cc1nnsc1C(N)CCc1ccccc1. The van der Waals surface area contributed by atoms with Gasteiger partial charge in [-0.15, -0.1) is 5.10 Å². The molecule has 0 aliphatic heterocycles. The van der Waals surface area contributed by atoms with Crippen LogP contribution in [0.1, 0.15) is 28.6 Å². The van der Waals surface area contributed by atoms with Gasteiger partial charge < -0.3 is 5.73 Å².